The van der Waals surface area contributed by atoms with E-state index in [2.05, 4.69) is 35.6 Å². The number of unbranched alkanes of at least 4 members (excludes halogenated alkanes) is 1. The highest BCUT2D eigenvalue weighted by Gasteiger charge is 2.13. The van der Waals surface area contributed by atoms with E-state index in [4.69, 9.17) is 0 Å². The van der Waals surface area contributed by atoms with Gasteiger partial charge in [-0.1, -0.05) is 61.4 Å². The smallest absolute Gasteiger partial charge is 0.185 e. The van der Waals surface area contributed by atoms with Crippen molar-refractivity contribution in [3.8, 4) is 0 Å². The average Bonchev–Trinajstić information content (AvgIpc) is 3.08. The maximum atomic E-state index is 12.5. The molecular weight excluding hydrogens is 372 g/mol. The Hall–Kier alpha value is -2.69. The first-order valence-corrected chi connectivity index (χ1v) is 10.7. The first-order valence-electron chi connectivity index (χ1n) is 10.7. The number of ketones is 1. The Bertz CT molecular complexity index is 1000. The molecule has 1 heterocycles. The summed E-state index contributed by atoms with van der Waals surface area (Å²) in [7, 11) is 2.05. The number of benzene rings is 2. The Balaban J connectivity index is 1.76. The van der Waals surface area contributed by atoms with Gasteiger partial charge in [0, 0.05) is 41.3 Å². The number of carbonyl (C=O) groups is 1. The molecule has 0 unspecified atom stereocenters. The van der Waals surface area contributed by atoms with Crippen LogP contribution in [-0.2, 0) is 6.54 Å². The highest BCUT2D eigenvalue weighted by molar-refractivity contribution is 6.07. The molecule has 0 amide bonds. The third kappa shape index (κ3) is 5.68. The molecule has 0 spiro atoms. The van der Waals surface area contributed by atoms with Crippen molar-refractivity contribution in [2.75, 3.05) is 20.1 Å². The van der Waals surface area contributed by atoms with Gasteiger partial charge in [0.25, 0.3) is 0 Å². The Morgan fingerprint density at radius 3 is 2.63 bits per heavy atom. The first kappa shape index (κ1) is 22.0. The number of likely N-dealkylation sites (N-methyl/N-ethyl adjacent to an activating group) is 1. The number of nitrogens with zero attached hydrogens (tertiary/aromatic N) is 2. The third-order valence-electron chi connectivity index (χ3n) is 5.39. The summed E-state index contributed by atoms with van der Waals surface area (Å²) in [5, 5.41) is 11.7. The topological polar surface area (TPSA) is 45.5 Å². The van der Waals surface area contributed by atoms with Crippen molar-refractivity contribution in [2.24, 2.45) is 0 Å². The molecule has 0 aliphatic carbocycles. The molecule has 0 saturated heterocycles. The largest absolute Gasteiger partial charge is 0.390 e. The molecule has 0 radical (unpaired) electrons. The number of aromatic nitrogens is 1. The highest BCUT2D eigenvalue weighted by atomic mass is 16.3. The predicted molar refractivity (Wildman–Crippen MR) is 125 cm³/mol. The number of aliphatic hydroxyl groups excluding tert-OH is 1. The molecule has 0 saturated carbocycles. The van der Waals surface area contributed by atoms with E-state index in [0.29, 0.717) is 18.7 Å². The number of fused-ring (bicyclic) bond motifs is 1. The van der Waals surface area contributed by atoms with Crippen LogP contribution >= 0.6 is 0 Å². The second-order valence-corrected chi connectivity index (χ2v) is 8.09. The maximum Gasteiger partial charge on any atom is 0.185 e. The van der Waals surface area contributed by atoms with Crippen LogP contribution < -0.4 is 0 Å². The van der Waals surface area contributed by atoms with Gasteiger partial charge in [-0.2, -0.15) is 0 Å². The zero-order valence-electron chi connectivity index (χ0n) is 18.2. The summed E-state index contributed by atoms with van der Waals surface area (Å²) in [6.45, 7) is 6.35. The number of hydrogen-bond donors (Lipinski definition) is 1. The molecular formula is C26H32N2O2. The van der Waals surface area contributed by atoms with E-state index in [9.17, 15) is 9.90 Å². The van der Waals surface area contributed by atoms with Crippen LogP contribution in [0.4, 0.5) is 0 Å². The van der Waals surface area contributed by atoms with E-state index in [-0.39, 0.29) is 5.78 Å². The molecule has 1 atom stereocenters. The van der Waals surface area contributed by atoms with Gasteiger partial charge in [0.2, 0.25) is 0 Å². The summed E-state index contributed by atoms with van der Waals surface area (Å²) >= 11 is 0. The van der Waals surface area contributed by atoms with Gasteiger partial charge in [0.15, 0.2) is 5.78 Å². The fourth-order valence-electron chi connectivity index (χ4n) is 3.70. The summed E-state index contributed by atoms with van der Waals surface area (Å²) in [5.74, 6) is -0.00980. The van der Waals surface area contributed by atoms with Crippen LogP contribution in [0.3, 0.4) is 0 Å². The molecule has 2 aromatic carbocycles. The summed E-state index contributed by atoms with van der Waals surface area (Å²) in [4.78, 5) is 14.7. The molecule has 4 nitrogen and oxygen atoms in total. The van der Waals surface area contributed by atoms with Crippen molar-refractivity contribution in [2.45, 2.75) is 39.3 Å². The number of allylic oxidation sites excluding steroid dienone is 1. The van der Waals surface area contributed by atoms with E-state index >= 15 is 0 Å². The number of hydrogen-bond acceptors (Lipinski definition) is 3. The fourth-order valence-corrected chi connectivity index (χ4v) is 3.70. The molecule has 0 fully saturated rings. The summed E-state index contributed by atoms with van der Waals surface area (Å²) in [5.41, 5.74) is 3.87. The summed E-state index contributed by atoms with van der Waals surface area (Å²) in [6, 6.07) is 15.7. The Morgan fingerprint density at radius 2 is 1.90 bits per heavy atom. The van der Waals surface area contributed by atoms with Crippen molar-refractivity contribution >= 4 is 22.8 Å². The predicted octanol–water partition coefficient (Wildman–Crippen LogP) is 4.94. The monoisotopic (exact) mass is 404 g/mol. The second-order valence-electron chi connectivity index (χ2n) is 8.09. The van der Waals surface area contributed by atoms with Crippen molar-refractivity contribution in [1.82, 2.24) is 9.47 Å². The zero-order valence-corrected chi connectivity index (χ0v) is 18.2. The number of carbonyl (C=O) groups excluding carboxylic acids is 1. The lowest BCUT2D eigenvalue weighted by atomic mass is 10.1. The van der Waals surface area contributed by atoms with Crippen LogP contribution in [0.25, 0.3) is 17.0 Å². The van der Waals surface area contributed by atoms with E-state index in [0.717, 1.165) is 41.4 Å². The fraction of sp³-hybridized carbons (Fsp3) is 0.346. The number of aryl methyl sites for hydroxylation is 1. The van der Waals surface area contributed by atoms with Gasteiger partial charge in [-0.15, -0.1) is 0 Å². The molecule has 3 aromatic rings. The van der Waals surface area contributed by atoms with E-state index in [1.807, 2.05) is 55.6 Å². The van der Waals surface area contributed by atoms with Crippen LogP contribution in [0.1, 0.15) is 41.3 Å². The minimum atomic E-state index is -0.450. The van der Waals surface area contributed by atoms with Crippen molar-refractivity contribution in [3.05, 3.63) is 77.5 Å². The lowest BCUT2D eigenvalue weighted by Gasteiger charge is -2.21. The molecule has 1 N–H and O–H groups in total. The molecule has 3 rings (SSSR count). The quantitative estimate of drug-likeness (QED) is 0.385. The standard InChI is InChI=1S/C26H32N2O2/c1-4-5-16-27(3)18-23(29)19-28-17-22(24-8-6-7-9-25(24)28)14-15-26(30)21-12-10-20(2)11-13-21/h6-15,17,23,29H,4-5,16,18-19H2,1-3H3/b15-14+/t23-/m0/s1. The van der Waals surface area contributed by atoms with E-state index in [1.165, 1.54) is 0 Å². The van der Waals surface area contributed by atoms with Gasteiger partial charge >= 0.3 is 0 Å². The average molecular weight is 405 g/mol. The van der Waals surface area contributed by atoms with Crippen LogP contribution in [0.2, 0.25) is 0 Å². The second kappa shape index (κ2) is 10.4. The van der Waals surface area contributed by atoms with Crippen LogP contribution in [0.5, 0.6) is 0 Å². The Kier molecular flexibility index (Phi) is 7.61. The molecule has 158 valence electrons. The first-order chi connectivity index (χ1) is 14.5. The van der Waals surface area contributed by atoms with Gasteiger partial charge in [-0.25, -0.2) is 0 Å². The molecule has 1 aromatic heterocycles. The number of para-hydroxylation sites is 1. The van der Waals surface area contributed by atoms with Crippen molar-refractivity contribution in [3.63, 3.8) is 0 Å². The molecule has 0 aliphatic rings. The van der Waals surface area contributed by atoms with Gasteiger partial charge in [-0.3, -0.25) is 4.79 Å². The molecule has 0 bridgehead atoms. The summed E-state index contributed by atoms with van der Waals surface area (Å²) in [6.07, 6.45) is 7.37. The van der Waals surface area contributed by atoms with Gasteiger partial charge in [-0.05, 0) is 45.2 Å². The molecule has 30 heavy (non-hydrogen) atoms. The maximum absolute atomic E-state index is 12.5. The Labute approximate surface area is 179 Å². The van der Waals surface area contributed by atoms with Crippen molar-refractivity contribution < 1.29 is 9.90 Å². The molecule has 4 heteroatoms. The van der Waals surface area contributed by atoms with E-state index < -0.39 is 6.10 Å². The van der Waals surface area contributed by atoms with Crippen LogP contribution in [0.15, 0.2) is 60.8 Å². The number of aliphatic hydroxyl groups is 1. The van der Waals surface area contributed by atoms with Gasteiger partial charge in [0.05, 0.1) is 6.10 Å². The number of rotatable bonds is 10. The zero-order chi connectivity index (χ0) is 21.5. The summed E-state index contributed by atoms with van der Waals surface area (Å²) < 4.78 is 2.09. The highest BCUT2D eigenvalue weighted by Crippen LogP contribution is 2.23. The van der Waals surface area contributed by atoms with Crippen LogP contribution in [0, 0.1) is 6.92 Å². The molecule has 0 aliphatic heterocycles. The van der Waals surface area contributed by atoms with E-state index in [1.54, 1.807) is 6.08 Å². The SMILES string of the molecule is CCCCN(C)C[C@H](O)Cn1cc(/C=C/C(=O)c2ccc(C)cc2)c2ccccc21. The third-order valence-corrected chi connectivity index (χ3v) is 5.39. The minimum Gasteiger partial charge on any atom is -0.390 e. The minimum absolute atomic E-state index is 0.00980. The lowest BCUT2D eigenvalue weighted by molar-refractivity contribution is 0.104. The Morgan fingerprint density at radius 1 is 1.17 bits per heavy atom. The lowest BCUT2D eigenvalue weighted by Crippen LogP contribution is -2.32. The van der Waals surface area contributed by atoms with Crippen molar-refractivity contribution in [1.29, 1.82) is 0 Å². The van der Waals surface area contributed by atoms with Gasteiger partial charge in [0.1, 0.15) is 0 Å². The van der Waals surface area contributed by atoms with Crippen LogP contribution in [-0.4, -0.2) is 46.6 Å². The normalized spacial score (nSPS) is 12.8. The van der Waals surface area contributed by atoms with Gasteiger partial charge < -0.3 is 14.6 Å².